The summed E-state index contributed by atoms with van der Waals surface area (Å²) < 4.78 is 12.7. The Labute approximate surface area is 183 Å². The highest BCUT2D eigenvalue weighted by Gasteiger charge is 2.35. The number of aromatic nitrogens is 2. The minimum atomic E-state index is -0.259. The molecule has 2 fully saturated rings. The molecular weight excluding hydrogens is 424 g/mol. The van der Waals surface area contributed by atoms with Gasteiger partial charge in [0, 0.05) is 26.5 Å². The van der Waals surface area contributed by atoms with E-state index in [1.54, 1.807) is 36.4 Å². The number of rotatable bonds is 7. The van der Waals surface area contributed by atoms with Crippen LogP contribution in [0.25, 0.3) is 11.7 Å². The van der Waals surface area contributed by atoms with Gasteiger partial charge in [0.15, 0.2) is 0 Å². The maximum atomic E-state index is 13.1. The number of hydrogen-bond acceptors (Lipinski definition) is 8. The van der Waals surface area contributed by atoms with Crippen molar-refractivity contribution in [3.05, 3.63) is 45.2 Å². The molecule has 1 unspecified atom stereocenters. The highest BCUT2D eigenvalue weighted by molar-refractivity contribution is 8.26. The molecule has 1 N–H and O–H groups in total. The van der Waals surface area contributed by atoms with Crippen LogP contribution < -0.4 is 10.9 Å². The summed E-state index contributed by atoms with van der Waals surface area (Å²) in [6.07, 6.45) is 5.15. The van der Waals surface area contributed by atoms with Gasteiger partial charge in [-0.3, -0.25) is 18.9 Å². The number of carbonyl (C=O) groups is 1. The topological polar surface area (TPSA) is 85.2 Å². The Bertz CT molecular complexity index is 1060. The van der Waals surface area contributed by atoms with Crippen molar-refractivity contribution < 1.29 is 14.3 Å². The summed E-state index contributed by atoms with van der Waals surface area (Å²) in [4.78, 5) is 32.6. The molecule has 2 aliphatic rings. The van der Waals surface area contributed by atoms with E-state index in [9.17, 15) is 9.59 Å². The number of carbonyl (C=O) groups excluding carboxylic acids is 1. The molecule has 2 aliphatic heterocycles. The van der Waals surface area contributed by atoms with Crippen molar-refractivity contribution in [2.24, 2.45) is 0 Å². The van der Waals surface area contributed by atoms with E-state index >= 15 is 0 Å². The van der Waals surface area contributed by atoms with Crippen LogP contribution in [0, 0.1) is 0 Å². The standard InChI is InChI=1S/C20H22N4O4S2/c1-27-10-7-21-17-14(18(25)23-8-3-2-6-16(23)22-17)11-15-19(26)24(20(29)30-15)12-13-5-4-9-28-13/h2-3,6,8,11,13,21H,4-5,7,9-10,12H2,1H3/b15-11+. The van der Waals surface area contributed by atoms with Gasteiger partial charge in [0.1, 0.15) is 15.8 Å². The first-order chi connectivity index (χ1) is 14.6. The van der Waals surface area contributed by atoms with Crippen molar-refractivity contribution in [3.8, 4) is 0 Å². The minimum Gasteiger partial charge on any atom is -0.383 e. The molecule has 0 bridgehead atoms. The summed E-state index contributed by atoms with van der Waals surface area (Å²) in [5.41, 5.74) is 0.572. The lowest BCUT2D eigenvalue weighted by molar-refractivity contribution is -0.123. The van der Waals surface area contributed by atoms with Crippen molar-refractivity contribution in [1.82, 2.24) is 14.3 Å². The quantitative estimate of drug-likeness (QED) is 0.393. The van der Waals surface area contributed by atoms with E-state index in [4.69, 9.17) is 21.7 Å². The molecule has 4 heterocycles. The third-order valence-electron chi connectivity index (χ3n) is 4.93. The SMILES string of the molecule is COCCNc1nc2ccccn2c(=O)c1/C=C1/SC(=S)N(CC2CCCO2)C1=O. The monoisotopic (exact) mass is 446 g/mol. The lowest BCUT2D eigenvalue weighted by atomic mass is 10.2. The fraction of sp³-hybridized carbons (Fsp3) is 0.400. The Morgan fingerprint density at radius 2 is 2.30 bits per heavy atom. The summed E-state index contributed by atoms with van der Waals surface area (Å²) in [6.45, 7) is 2.09. The number of nitrogens with zero attached hydrogens (tertiary/aromatic N) is 3. The molecule has 2 aromatic rings. The maximum Gasteiger partial charge on any atom is 0.267 e. The van der Waals surface area contributed by atoms with E-state index in [1.165, 1.54) is 16.2 Å². The van der Waals surface area contributed by atoms with Gasteiger partial charge in [-0.25, -0.2) is 4.98 Å². The molecule has 0 saturated carbocycles. The van der Waals surface area contributed by atoms with Crippen molar-refractivity contribution in [1.29, 1.82) is 0 Å². The van der Waals surface area contributed by atoms with Crippen LogP contribution >= 0.6 is 24.0 Å². The van der Waals surface area contributed by atoms with Crippen LogP contribution in [-0.2, 0) is 14.3 Å². The Balaban J connectivity index is 1.69. The van der Waals surface area contributed by atoms with Gasteiger partial charge in [0.05, 0.1) is 29.7 Å². The van der Waals surface area contributed by atoms with Gasteiger partial charge in [-0.15, -0.1) is 0 Å². The van der Waals surface area contributed by atoms with Gasteiger partial charge < -0.3 is 14.8 Å². The third kappa shape index (κ3) is 4.27. The molecule has 4 rings (SSSR count). The number of pyridine rings is 1. The van der Waals surface area contributed by atoms with Gasteiger partial charge in [-0.2, -0.15) is 0 Å². The van der Waals surface area contributed by atoms with Crippen LogP contribution in [-0.4, -0.2) is 64.0 Å². The second-order valence-corrected chi connectivity index (χ2v) is 8.63. The molecule has 1 atom stereocenters. The first kappa shape index (κ1) is 21.0. The molecule has 8 nitrogen and oxygen atoms in total. The van der Waals surface area contributed by atoms with Crippen LogP contribution in [0.15, 0.2) is 34.1 Å². The van der Waals surface area contributed by atoms with Crippen molar-refractivity contribution >= 4 is 51.7 Å². The molecule has 158 valence electrons. The summed E-state index contributed by atoms with van der Waals surface area (Å²) in [5.74, 6) is 0.202. The Hall–Kier alpha value is -2.27. The van der Waals surface area contributed by atoms with Gasteiger partial charge in [0.2, 0.25) is 0 Å². The Morgan fingerprint density at radius 1 is 1.43 bits per heavy atom. The first-order valence-electron chi connectivity index (χ1n) is 9.69. The van der Waals surface area contributed by atoms with Crippen LogP contribution in [0.2, 0.25) is 0 Å². The summed E-state index contributed by atoms with van der Waals surface area (Å²) >= 11 is 6.61. The number of thiocarbonyl (C=S) groups is 1. The van der Waals surface area contributed by atoms with E-state index in [1.807, 2.05) is 6.07 Å². The number of anilines is 1. The van der Waals surface area contributed by atoms with E-state index < -0.39 is 0 Å². The highest BCUT2D eigenvalue weighted by atomic mass is 32.2. The highest BCUT2D eigenvalue weighted by Crippen LogP contribution is 2.34. The summed E-state index contributed by atoms with van der Waals surface area (Å²) in [6, 6.07) is 5.34. The molecule has 1 amide bonds. The number of amides is 1. The fourth-order valence-electron chi connectivity index (χ4n) is 3.42. The van der Waals surface area contributed by atoms with Crippen LogP contribution in [0.5, 0.6) is 0 Å². The molecule has 30 heavy (non-hydrogen) atoms. The Morgan fingerprint density at radius 3 is 3.07 bits per heavy atom. The minimum absolute atomic E-state index is 0.00563. The van der Waals surface area contributed by atoms with Gasteiger partial charge in [0.25, 0.3) is 11.5 Å². The molecule has 2 saturated heterocycles. The number of methoxy groups -OCH3 is 1. The predicted molar refractivity (Wildman–Crippen MR) is 121 cm³/mol. The van der Waals surface area contributed by atoms with E-state index in [2.05, 4.69) is 10.3 Å². The smallest absolute Gasteiger partial charge is 0.267 e. The lowest BCUT2D eigenvalue weighted by Gasteiger charge is -2.18. The number of thioether (sulfide) groups is 1. The number of fused-ring (bicyclic) bond motifs is 1. The summed E-state index contributed by atoms with van der Waals surface area (Å²) in [7, 11) is 1.60. The van der Waals surface area contributed by atoms with Crippen LogP contribution in [0.1, 0.15) is 18.4 Å². The van der Waals surface area contributed by atoms with E-state index in [0.717, 1.165) is 12.8 Å². The van der Waals surface area contributed by atoms with Crippen LogP contribution in [0.4, 0.5) is 5.82 Å². The molecule has 2 aromatic heterocycles. The van der Waals surface area contributed by atoms with E-state index in [0.29, 0.717) is 52.6 Å². The maximum absolute atomic E-state index is 13.1. The largest absolute Gasteiger partial charge is 0.383 e. The van der Waals surface area contributed by atoms with Gasteiger partial charge in [-0.05, 0) is 31.1 Å². The summed E-state index contributed by atoms with van der Waals surface area (Å²) in [5, 5.41) is 3.14. The number of hydrogen-bond donors (Lipinski definition) is 1. The number of nitrogens with one attached hydrogen (secondary N) is 1. The molecule has 0 radical (unpaired) electrons. The molecular formula is C20H22N4O4S2. The van der Waals surface area contributed by atoms with Gasteiger partial charge >= 0.3 is 0 Å². The van der Waals surface area contributed by atoms with Crippen LogP contribution in [0.3, 0.4) is 0 Å². The molecule has 0 spiro atoms. The average Bonchev–Trinajstić information content (AvgIpc) is 3.35. The normalized spacial score (nSPS) is 20.6. The predicted octanol–water partition coefficient (Wildman–Crippen LogP) is 2.13. The zero-order valence-corrected chi connectivity index (χ0v) is 18.1. The molecule has 0 aromatic carbocycles. The average molecular weight is 447 g/mol. The van der Waals surface area contributed by atoms with Gasteiger partial charge in [-0.1, -0.05) is 30.0 Å². The molecule has 10 heteroatoms. The zero-order chi connectivity index (χ0) is 21.1. The first-order valence-corrected chi connectivity index (χ1v) is 10.9. The Kier molecular flexibility index (Phi) is 6.47. The number of ether oxygens (including phenoxy) is 2. The molecule has 0 aliphatic carbocycles. The van der Waals surface area contributed by atoms with Crippen molar-refractivity contribution in [2.75, 3.05) is 38.7 Å². The third-order valence-corrected chi connectivity index (χ3v) is 6.30. The fourth-order valence-corrected chi connectivity index (χ4v) is 4.68. The van der Waals surface area contributed by atoms with E-state index in [-0.39, 0.29) is 17.6 Å². The van der Waals surface area contributed by atoms with Crippen molar-refractivity contribution in [3.63, 3.8) is 0 Å². The van der Waals surface area contributed by atoms with Crippen molar-refractivity contribution in [2.45, 2.75) is 18.9 Å². The second-order valence-electron chi connectivity index (χ2n) is 6.95. The second kappa shape index (κ2) is 9.25. The zero-order valence-electron chi connectivity index (χ0n) is 16.5. The lowest BCUT2D eigenvalue weighted by Crippen LogP contribution is -2.35.